The molecular formula is C11H6ClF2N. The number of rotatable bonds is 1. The van der Waals surface area contributed by atoms with Crippen LogP contribution in [0, 0.1) is 11.6 Å². The predicted molar refractivity (Wildman–Crippen MR) is 54.6 cm³/mol. The van der Waals surface area contributed by atoms with Crippen LogP contribution in [0.2, 0.25) is 5.15 Å². The average molecular weight is 226 g/mol. The van der Waals surface area contributed by atoms with Gasteiger partial charge in [0.2, 0.25) is 0 Å². The first-order chi connectivity index (χ1) is 7.18. The minimum absolute atomic E-state index is 0.0818. The van der Waals surface area contributed by atoms with Crippen molar-refractivity contribution >= 4 is 11.6 Å². The molecule has 0 radical (unpaired) electrons. The van der Waals surface area contributed by atoms with Gasteiger partial charge in [-0.25, -0.2) is 13.8 Å². The van der Waals surface area contributed by atoms with Crippen molar-refractivity contribution in [2.45, 2.75) is 0 Å². The second-order valence-electron chi connectivity index (χ2n) is 2.97. The monoisotopic (exact) mass is 225 g/mol. The fourth-order valence-electron chi connectivity index (χ4n) is 1.30. The summed E-state index contributed by atoms with van der Waals surface area (Å²) in [6, 6.07) is 6.73. The van der Waals surface area contributed by atoms with E-state index in [1.165, 1.54) is 36.5 Å². The van der Waals surface area contributed by atoms with Crippen molar-refractivity contribution in [1.29, 1.82) is 0 Å². The van der Waals surface area contributed by atoms with E-state index >= 15 is 0 Å². The van der Waals surface area contributed by atoms with Gasteiger partial charge in [0.15, 0.2) is 0 Å². The lowest BCUT2D eigenvalue weighted by molar-refractivity contribution is 0.589. The highest BCUT2D eigenvalue weighted by molar-refractivity contribution is 6.29. The third-order valence-electron chi connectivity index (χ3n) is 1.98. The number of aromatic nitrogens is 1. The molecule has 2 aromatic rings. The van der Waals surface area contributed by atoms with Gasteiger partial charge in [0.1, 0.15) is 16.8 Å². The van der Waals surface area contributed by atoms with Crippen LogP contribution in [0.3, 0.4) is 0 Å². The Hall–Kier alpha value is -1.48. The van der Waals surface area contributed by atoms with E-state index in [2.05, 4.69) is 4.98 Å². The zero-order valence-corrected chi connectivity index (χ0v) is 8.30. The maximum atomic E-state index is 13.3. The summed E-state index contributed by atoms with van der Waals surface area (Å²) in [7, 11) is 0. The molecule has 0 saturated heterocycles. The maximum absolute atomic E-state index is 13.3. The highest BCUT2D eigenvalue weighted by Crippen LogP contribution is 2.25. The zero-order valence-electron chi connectivity index (χ0n) is 7.55. The fourth-order valence-corrected chi connectivity index (χ4v) is 1.41. The summed E-state index contributed by atoms with van der Waals surface area (Å²) in [5.41, 5.74) is 0.289. The second-order valence-corrected chi connectivity index (χ2v) is 3.35. The molecule has 0 N–H and O–H groups in total. The fraction of sp³-hybridized carbons (Fsp3) is 0. The highest BCUT2D eigenvalue weighted by Gasteiger charge is 2.10. The molecule has 76 valence electrons. The van der Waals surface area contributed by atoms with E-state index < -0.39 is 11.6 Å². The summed E-state index contributed by atoms with van der Waals surface area (Å²) >= 11 is 5.58. The Morgan fingerprint density at radius 1 is 1.00 bits per heavy atom. The summed E-state index contributed by atoms with van der Waals surface area (Å²) in [6.45, 7) is 0. The van der Waals surface area contributed by atoms with E-state index in [0.717, 1.165) is 0 Å². The lowest BCUT2D eigenvalue weighted by Crippen LogP contribution is -1.90. The van der Waals surface area contributed by atoms with E-state index in [1.807, 2.05) is 0 Å². The normalized spacial score (nSPS) is 10.3. The average Bonchev–Trinajstić information content (AvgIpc) is 2.20. The molecule has 1 heterocycles. The molecule has 0 unspecified atom stereocenters. The van der Waals surface area contributed by atoms with Crippen LogP contribution in [0.25, 0.3) is 11.1 Å². The molecule has 4 heteroatoms. The molecule has 0 spiro atoms. The van der Waals surface area contributed by atoms with Gasteiger partial charge in [-0.1, -0.05) is 17.7 Å². The Labute approximate surface area is 90.3 Å². The summed E-state index contributed by atoms with van der Waals surface area (Å²) < 4.78 is 26.7. The quantitative estimate of drug-likeness (QED) is 0.675. The molecule has 1 nitrogen and oxygen atoms in total. The minimum atomic E-state index is -0.612. The number of halogens is 3. The SMILES string of the molecule is Fc1cccc(F)c1-c1ccc(Cl)nc1. The molecule has 0 bridgehead atoms. The number of benzene rings is 1. The highest BCUT2D eigenvalue weighted by atomic mass is 35.5. The van der Waals surface area contributed by atoms with E-state index in [9.17, 15) is 8.78 Å². The maximum Gasteiger partial charge on any atom is 0.134 e. The van der Waals surface area contributed by atoms with Crippen LogP contribution in [-0.2, 0) is 0 Å². The van der Waals surface area contributed by atoms with Gasteiger partial charge in [0, 0.05) is 11.8 Å². The van der Waals surface area contributed by atoms with Crippen LogP contribution in [0.15, 0.2) is 36.5 Å². The molecule has 0 fully saturated rings. The summed E-state index contributed by atoms with van der Waals surface area (Å²) in [6.07, 6.45) is 1.34. The Morgan fingerprint density at radius 3 is 2.20 bits per heavy atom. The summed E-state index contributed by atoms with van der Waals surface area (Å²) in [5, 5.41) is 0.287. The molecule has 15 heavy (non-hydrogen) atoms. The van der Waals surface area contributed by atoms with Gasteiger partial charge in [-0.2, -0.15) is 0 Å². The van der Waals surface area contributed by atoms with E-state index in [1.54, 1.807) is 0 Å². The lowest BCUT2D eigenvalue weighted by Gasteiger charge is -2.04. The van der Waals surface area contributed by atoms with E-state index in [0.29, 0.717) is 5.56 Å². The van der Waals surface area contributed by atoms with Gasteiger partial charge >= 0.3 is 0 Å². The van der Waals surface area contributed by atoms with Gasteiger partial charge in [-0.3, -0.25) is 0 Å². The molecule has 0 atom stereocenters. The van der Waals surface area contributed by atoms with Crippen molar-refractivity contribution in [2.75, 3.05) is 0 Å². The first-order valence-corrected chi connectivity index (χ1v) is 4.62. The number of hydrogen-bond donors (Lipinski definition) is 0. The first kappa shape index (κ1) is 10.1. The van der Waals surface area contributed by atoms with E-state index in [4.69, 9.17) is 11.6 Å². The Bertz CT molecular complexity index is 462. The van der Waals surface area contributed by atoms with Crippen molar-refractivity contribution in [3.8, 4) is 11.1 Å². The van der Waals surface area contributed by atoms with Crippen LogP contribution in [0.5, 0.6) is 0 Å². The molecule has 1 aromatic heterocycles. The van der Waals surface area contributed by atoms with Gasteiger partial charge in [-0.05, 0) is 24.3 Å². The minimum Gasteiger partial charge on any atom is -0.244 e. The van der Waals surface area contributed by atoms with Crippen LogP contribution in [-0.4, -0.2) is 4.98 Å². The molecule has 0 saturated carbocycles. The zero-order chi connectivity index (χ0) is 10.8. The largest absolute Gasteiger partial charge is 0.244 e. The number of pyridine rings is 1. The van der Waals surface area contributed by atoms with Crippen LogP contribution in [0.1, 0.15) is 0 Å². The van der Waals surface area contributed by atoms with Crippen molar-refractivity contribution in [2.24, 2.45) is 0 Å². The van der Waals surface area contributed by atoms with Crippen molar-refractivity contribution < 1.29 is 8.78 Å². The van der Waals surface area contributed by atoms with Gasteiger partial charge in [-0.15, -0.1) is 0 Å². The topological polar surface area (TPSA) is 12.9 Å². The first-order valence-electron chi connectivity index (χ1n) is 4.24. The molecule has 0 aliphatic rings. The summed E-state index contributed by atoms with van der Waals surface area (Å²) in [4.78, 5) is 3.77. The van der Waals surface area contributed by atoms with Crippen molar-refractivity contribution in [3.05, 3.63) is 53.3 Å². The van der Waals surface area contributed by atoms with E-state index in [-0.39, 0.29) is 10.7 Å². The standard InChI is InChI=1S/C11H6ClF2N/c12-10-5-4-7(6-15-10)11-8(13)2-1-3-9(11)14/h1-6H. The third kappa shape index (κ3) is 1.97. The summed E-state index contributed by atoms with van der Waals surface area (Å²) in [5.74, 6) is -1.22. The smallest absolute Gasteiger partial charge is 0.134 e. The van der Waals surface area contributed by atoms with Crippen molar-refractivity contribution in [3.63, 3.8) is 0 Å². The van der Waals surface area contributed by atoms with Crippen LogP contribution >= 0.6 is 11.6 Å². The third-order valence-corrected chi connectivity index (χ3v) is 2.20. The Balaban J connectivity index is 2.58. The lowest BCUT2D eigenvalue weighted by atomic mass is 10.1. The number of hydrogen-bond acceptors (Lipinski definition) is 1. The van der Waals surface area contributed by atoms with Crippen molar-refractivity contribution in [1.82, 2.24) is 4.98 Å². The molecule has 1 aromatic carbocycles. The Morgan fingerprint density at radius 2 is 1.67 bits per heavy atom. The molecule has 0 amide bonds. The van der Waals surface area contributed by atoms with Gasteiger partial charge in [0.25, 0.3) is 0 Å². The molecule has 0 aliphatic heterocycles. The van der Waals surface area contributed by atoms with Gasteiger partial charge < -0.3 is 0 Å². The predicted octanol–water partition coefficient (Wildman–Crippen LogP) is 3.68. The molecule has 0 aliphatic carbocycles. The molecular weight excluding hydrogens is 220 g/mol. The second kappa shape index (κ2) is 3.95. The van der Waals surface area contributed by atoms with Crippen LogP contribution in [0.4, 0.5) is 8.78 Å². The Kier molecular flexibility index (Phi) is 2.64. The number of nitrogens with zero attached hydrogens (tertiary/aromatic N) is 1. The molecule has 2 rings (SSSR count). The van der Waals surface area contributed by atoms with Gasteiger partial charge in [0.05, 0.1) is 5.56 Å². The van der Waals surface area contributed by atoms with Crippen LogP contribution < -0.4 is 0 Å².